The van der Waals surface area contributed by atoms with Gasteiger partial charge in [-0.1, -0.05) is 54.0 Å². The molecule has 1 aliphatic heterocycles. The van der Waals surface area contributed by atoms with E-state index in [1.54, 1.807) is 16.5 Å². The first kappa shape index (κ1) is 26.7. The van der Waals surface area contributed by atoms with Crippen molar-refractivity contribution in [1.82, 2.24) is 30.4 Å². The maximum atomic E-state index is 13.6. The van der Waals surface area contributed by atoms with Crippen molar-refractivity contribution >= 4 is 17.9 Å². The number of anilines is 1. The predicted molar refractivity (Wildman–Crippen MR) is 134 cm³/mol. The first-order chi connectivity index (χ1) is 17.4. The Bertz CT molecular complexity index is 1050. The number of rotatable bonds is 12. The van der Waals surface area contributed by atoms with Gasteiger partial charge in [0.1, 0.15) is 19.3 Å². The Morgan fingerprint density at radius 2 is 2.17 bits per heavy atom. The minimum Gasteiger partial charge on any atom is -0.445 e. The van der Waals surface area contributed by atoms with Crippen molar-refractivity contribution in [3.63, 3.8) is 0 Å². The Labute approximate surface area is 211 Å². The molecule has 0 aliphatic carbocycles. The van der Waals surface area contributed by atoms with Crippen molar-refractivity contribution in [2.24, 2.45) is 0 Å². The molecular weight excluding hydrogens is 462 g/mol. The molecule has 1 aromatic carbocycles. The molecule has 3 atom stereocenters. The molecule has 0 unspecified atom stereocenters. The number of nitrogens with zero attached hydrogens (tertiary/aromatic N) is 6. The van der Waals surface area contributed by atoms with Gasteiger partial charge in [-0.15, -0.1) is 6.42 Å². The van der Waals surface area contributed by atoms with Gasteiger partial charge in [-0.2, -0.15) is 0 Å². The normalized spacial score (nSPS) is 16.6. The van der Waals surface area contributed by atoms with E-state index < -0.39 is 18.2 Å². The zero-order valence-corrected chi connectivity index (χ0v) is 20.7. The van der Waals surface area contributed by atoms with E-state index in [0.717, 1.165) is 18.4 Å². The van der Waals surface area contributed by atoms with Crippen LogP contribution in [0.4, 0.5) is 10.7 Å². The molecule has 0 saturated carbocycles. The Kier molecular flexibility index (Phi) is 9.82. The van der Waals surface area contributed by atoms with Crippen LogP contribution >= 0.6 is 0 Å². The van der Waals surface area contributed by atoms with Gasteiger partial charge in [-0.25, -0.2) is 9.48 Å². The summed E-state index contributed by atoms with van der Waals surface area (Å²) in [5, 5.41) is 14.8. The topological polar surface area (TPSA) is 115 Å². The molecule has 3 rings (SSSR count). The maximum absolute atomic E-state index is 13.6. The fraction of sp³-hybridized carbons (Fsp3) is 0.480. The van der Waals surface area contributed by atoms with E-state index in [1.165, 1.54) is 6.08 Å². The van der Waals surface area contributed by atoms with Gasteiger partial charge >= 0.3 is 6.09 Å². The van der Waals surface area contributed by atoms with E-state index in [1.807, 2.05) is 42.3 Å². The molecular formula is C25H33N7O4. The predicted octanol–water partition coefficient (Wildman–Crippen LogP) is 1.62. The highest BCUT2D eigenvalue weighted by Crippen LogP contribution is 2.23. The second-order valence-corrected chi connectivity index (χ2v) is 8.56. The largest absolute Gasteiger partial charge is 0.445 e. The molecule has 1 aliphatic rings. The van der Waals surface area contributed by atoms with Gasteiger partial charge in [-0.3, -0.25) is 4.79 Å². The van der Waals surface area contributed by atoms with Crippen LogP contribution in [0, 0.1) is 12.3 Å². The van der Waals surface area contributed by atoms with Crippen LogP contribution in [0.25, 0.3) is 0 Å². The van der Waals surface area contributed by atoms with Crippen LogP contribution in [0.15, 0.2) is 43.0 Å². The quantitative estimate of drug-likeness (QED) is 0.349. The smallest absolute Gasteiger partial charge is 0.408 e. The van der Waals surface area contributed by atoms with E-state index in [2.05, 4.69) is 33.3 Å². The lowest BCUT2D eigenvalue weighted by atomic mass is 10.1. The second-order valence-electron chi connectivity index (χ2n) is 8.56. The lowest BCUT2D eigenvalue weighted by molar-refractivity contribution is -0.138. The van der Waals surface area contributed by atoms with Crippen molar-refractivity contribution < 1.29 is 19.1 Å². The Hall–Kier alpha value is -3.91. The Balaban J connectivity index is 1.72. The number of aromatic nitrogens is 4. The number of carbonyl (C=O) groups is 2. The highest BCUT2D eigenvalue weighted by atomic mass is 16.5. The third-order valence-corrected chi connectivity index (χ3v) is 5.93. The summed E-state index contributed by atoms with van der Waals surface area (Å²) in [5.74, 6) is 2.72. The van der Waals surface area contributed by atoms with Crippen molar-refractivity contribution in [3.8, 4) is 12.3 Å². The summed E-state index contributed by atoms with van der Waals surface area (Å²) in [6, 6.07) is 8.90. The van der Waals surface area contributed by atoms with E-state index in [4.69, 9.17) is 15.9 Å². The summed E-state index contributed by atoms with van der Waals surface area (Å²) >= 11 is 0. The maximum Gasteiger partial charge on any atom is 0.408 e. The Morgan fingerprint density at radius 3 is 2.89 bits per heavy atom. The number of hydrogen-bond acceptors (Lipinski definition) is 8. The standard InChI is InChI=1S/C25H33N7O4/c1-5-15-35-19(3)22(26-25(34)36-16-6-2)23(33)31-14-10-13-21(31)18-32-24(27-28-29-32)30(4)17-20-11-8-7-9-12-20/h1,6-9,11-12,19,21-22H,2,10,13-18H2,3-4H3,(H,26,34)/t19-,21+,22+/m1/s1. The van der Waals surface area contributed by atoms with Gasteiger partial charge in [-0.05, 0) is 35.8 Å². The molecule has 192 valence electrons. The highest BCUT2D eigenvalue weighted by molar-refractivity contribution is 5.86. The first-order valence-electron chi connectivity index (χ1n) is 11.9. The lowest BCUT2D eigenvalue weighted by Gasteiger charge is -2.31. The van der Waals surface area contributed by atoms with E-state index in [-0.39, 0.29) is 25.2 Å². The van der Waals surface area contributed by atoms with Crippen LogP contribution in [0.5, 0.6) is 0 Å². The average Bonchev–Trinajstić information content (AvgIpc) is 3.54. The van der Waals surface area contributed by atoms with E-state index >= 15 is 0 Å². The number of tetrazole rings is 1. The third-order valence-electron chi connectivity index (χ3n) is 5.93. The fourth-order valence-corrected chi connectivity index (χ4v) is 4.17. The van der Waals surface area contributed by atoms with E-state index in [0.29, 0.717) is 25.6 Å². The van der Waals surface area contributed by atoms with Crippen molar-refractivity contribution in [3.05, 3.63) is 48.6 Å². The Morgan fingerprint density at radius 1 is 1.39 bits per heavy atom. The minimum absolute atomic E-state index is 0.0134. The van der Waals surface area contributed by atoms with Gasteiger partial charge in [0.15, 0.2) is 0 Å². The zero-order chi connectivity index (χ0) is 25.9. The number of terminal acetylenes is 1. The number of carbonyl (C=O) groups excluding carboxylic acids is 2. The van der Waals surface area contributed by atoms with Crippen LogP contribution < -0.4 is 10.2 Å². The molecule has 36 heavy (non-hydrogen) atoms. The SMILES string of the molecule is C#CCO[C@H](C)[C@H](NC(=O)OCC=C)C(=O)N1CCC[C@H]1Cn1nnnc1N(C)Cc1ccccc1. The molecule has 1 saturated heterocycles. The first-order valence-corrected chi connectivity index (χ1v) is 11.9. The molecule has 1 N–H and O–H groups in total. The lowest BCUT2D eigenvalue weighted by Crippen LogP contribution is -2.56. The average molecular weight is 496 g/mol. The summed E-state index contributed by atoms with van der Waals surface area (Å²) in [6.45, 7) is 6.85. The molecule has 2 aromatic rings. The number of amides is 2. The van der Waals surface area contributed by atoms with Gasteiger partial charge in [0.2, 0.25) is 11.9 Å². The molecule has 0 spiro atoms. The number of nitrogens with one attached hydrogen (secondary N) is 1. The summed E-state index contributed by atoms with van der Waals surface area (Å²) in [4.78, 5) is 29.5. The van der Waals surface area contributed by atoms with Crippen LogP contribution in [-0.4, -0.2) is 82.1 Å². The number of ether oxygens (including phenoxy) is 2. The molecule has 11 heteroatoms. The number of benzene rings is 1. The highest BCUT2D eigenvalue weighted by Gasteiger charge is 2.38. The summed E-state index contributed by atoms with van der Waals surface area (Å²) in [7, 11) is 1.92. The van der Waals surface area contributed by atoms with Gasteiger partial charge in [0, 0.05) is 20.1 Å². The van der Waals surface area contributed by atoms with E-state index in [9.17, 15) is 9.59 Å². The number of alkyl carbamates (subject to hydrolysis) is 1. The molecule has 2 amide bonds. The molecule has 2 heterocycles. The molecule has 0 bridgehead atoms. The van der Waals surface area contributed by atoms with Crippen molar-refractivity contribution in [1.29, 1.82) is 0 Å². The van der Waals surface area contributed by atoms with Crippen molar-refractivity contribution in [2.75, 3.05) is 31.7 Å². The van der Waals surface area contributed by atoms with Crippen molar-refractivity contribution in [2.45, 2.75) is 51.0 Å². The van der Waals surface area contributed by atoms with Crippen LogP contribution in [0.3, 0.4) is 0 Å². The molecule has 0 radical (unpaired) electrons. The van der Waals surface area contributed by atoms with Gasteiger partial charge < -0.3 is 24.6 Å². The number of hydrogen-bond donors (Lipinski definition) is 1. The molecule has 1 aromatic heterocycles. The van der Waals surface area contributed by atoms with Gasteiger partial charge in [0.25, 0.3) is 0 Å². The number of likely N-dealkylation sites (tertiary alicyclic amines) is 1. The molecule has 1 fully saturated rings. The summed E-state index contributed by atoms with van der Waals surface area (Å²) < 4.78 is 12.3. The van der Waals surface area contributed by atoms with Crippen LogP contribution in [0.1, 0.15) is 25.3 Å². The summed E-state index contributed by atoms with van der Waals surface area (Å²) in [5.41, 5.74) is 1.13. The monoisotopic (exact) mass is 495 g/mol. The van der Waals surface area contributed by atoms with Gasteiger partial charge in [0.05, 0.1) is 18.7 Å². The molecule has 11 nitrogen and oxygen atoms in total. The summed E-state index contributed by atoms with van der Waals surface area (Å²) in [6.07, 6.45) is 6.96. The second kappa shape index (κ2) is 13.3. The minimum atomic E-state index is -0.967. The zero-order valence-electron chi connectivity index (χ0n) is 20.7. The van der Waals surface area contributed by atoms with Crippen LogP contribution in [-0.2, 0) is 27.4 Å². The third kappa shape index (κ3) is 7.05. The fourth-order valence-electron chi connectivity index (χ4n) is 4.17. The van der Waals surface area contributed by atoms with Crippen LogP contribution in [0.2, 0.25) is 0 Å².